The third kappa shape index (κ3) is 5.90. The topological polar surface area (TPSA) is 79.4 Å². The Morgan fingerprint density at radius 3 is 2.59 bits per heavy atom. The Morgan fingerprint density at radius 2 is 1.85 bits per heavy atom. The number of rotatable bonds is 9. The Morgan fingerprint density at radius 1 is 1.09 bits per heavy atom. The number of carbonyl (C=O) groups excluding carboxylic acids is 1. The molecule has 1 heterocycles. The van der Waals surface area contributed by atoms with Crippen LogP contribution in [0.4, 0.5) is 5.69 Å². The van der Waals surface area contributed by atoms with Gasteiger partial charge in [-0.3, -0.25) is 9.10 Å². The van der Waals surface area contributed by atoms with Crippen LogP contribution in [0.2, 0.25) is 5.02 Å². The first-order valence-electron chi connectivity index (χ1n) is 10.4. The van der Waals surface area contributed by atoms with Gasteiger partial charge in [-0.15, -0.1) is 11.3 Å². The fraction of sp³-hybridized carbons (Fsp3) is 0.167. The molecule has 0 bridgehead atoms. The maximum Gasteiger partial charge on any atom is 0.264 e. The Kier molecular flexibility index (Phi) is 7.77. The van der Waals surface area contributed by atoms with Crippen molar-refractivity contribution in [2.24, 2.45) is 0 Å². The van der Waals surface area contributed by atoms with Crippen LogP contribution in [0.1, 0.15) is 5.56 Å². The predicted octanol–water partition coefficient (Wildman–Crippen LogP) is 5.36. The smallest absolute Gasteiger partial charge is 0.264 e. The van der Waals surface area contributed by atoms with Gasteiger partial charge in [0.2, 0.25) is 5.91 Å². The Bertz CT molecular complexity index is 1370. The van der Waals surface area contributed by atoms with Crippen molar-refractivity contribution in [2.75, 3.05) is 23.1 Å². The number of hydrogen-bond donors (Lipinski definition) is 1. The number of aromatic nitrogens is 1. The van der Waals surface area contributed by atoms with Crippen molar-refractivity contribution in [1.82, 2.24) is 10.3 Å². The molecular formula is C24H22ClN3O3S3. The molecular weight excluding hydrogens is 510 g/mol. The van der Waals surface area contributed by atoms with E-state index in [4.69, 9.17) is 11.6 Å². The average molecular weight is 532 g/mol. The molecule has 34 heavy (non-hydrogen) atoms. The fourth-order valence-electron chi connectivity index (χ4n) is 3.21. The molecule has 1 aromatic heterocycles. The van der Waals surface area contributed by atoms with Crippen LogP contribution in [-0.4, -0.2) is 38.2 Å². The summed E-state index contributed by atoms with van der Waals surface area (Å²) in [5.74, 6) is 0.216. The zero-order valence-corrected chi connectivity index (χ0v) is 21.5. The lowest BCUT2D eigenvalue weighted by atomic mass is 10.2. The molecule has 4 aromatic rings. The van der Waals surface area contributed by atoms with Crippen LogP contribution in [0.25, 0.3) is 10.2 Å². The Labute approximate surface area is 212 Å². The van der Waals surface area contributed by atoms with Gasteiger partial charge in [0.05, 0.1) is 20.8 Å². The van der Waals surface area contributed by atoms with Gasteiger partial charge in [0, 0.05) is 17.3 Å². The minimum atomic E-state index is -3.97. The molecule has 0 saturated heterocycles. The van der Waals surface area contributed by atoms with E-state index in [0.29, 0.717) is 23.0 Å². The largest absolute Gasteiger partial charge is 0.354 e. The minimum Gasteiger partial charge on any atom is -0.354 e. The summed E-state index contributed by atoms with van der Waals surface area (Å²) in [4.78, 5) is 17.4. The summed E-state index contributed by atoms with van der Waals surface area (Å²) in [5, 5.41) is 3.20. The van der Waals surface area contributed by atoms with Crippen LogP contribution in [0.15, 0.2) is 82.0 Å². The second kappa shape index (κ2) is 10.8. The Balaban J connectivity index is 1.43. The predicted molar refractivity (Wildman–Crippen MR) is 141 cm³/mol. The highest BCUT2D eigenvalue weighted by Gasteiger charge is 2.27. The van der Waals surface area contributed by atoms with E-state index in [1.807, 2.05) is 31.2 Å². The fourth-order valence-corrected chi connectivity index (χ4v) is 6.80. The first-order chi connectivity index (χ1) is 16.3. The summed E-state index contributed by atoms with van der Waals surface area (Å²) < 4.78 is 29.9. The number of fused-ring (bicyclic) bond motifs is 1. The number of thioether (sulfide) groups is 1. The zero-order valence-electron chi connectivity index (χ0n) is 18.3. The van der Waals surface area contributed by atoms with Crippen molar-refractivity contribution in [3.05, 3.63) is 83.4 Å². The second-order valence-corrected chi connectivity index (χ2v) is 12.1. The van der Waals surface area contributed by atoms with Crippen LogP contribution < -0.4 is 9.62 Å². The van der Waals surface area contributed by atoms with Crippen LogP contribution in [0.5, 0.6) is 0 Å². The third-order valence-electron chi connectivity index (χ3n) is 4.92. The molecule has 3 aromatic carbocycles. The molecule has 0 unspecified atom stereocenters. The quantitative estimate of drug-likeness (QED) is 0.232. The van der Waals surface area contributed by atoms with Gasteiger partial charge in [0.25, 0.3) is 10.0 Å². The number of thiazole rings is 1. The lowest BCUT2D eigenvalue weighted by Crippen LogP contribution is -2.41. The molecule has 10 heteroatoms. The highest BCUT2D eigenvalue weighted by atomic mass is 35.5. The number of hydrogen-bond acceptors (Lipinski definition) is 6. The van der Waals surface area contributed by atoms with E-state index in [1.165, 1.54) is 18.2 Å². The number of para-hydroxylation sites is 1. The molecule has 0 aliphatic rings. The number of amides is 1. The number of anilines is 1. The summed E-state index contributed by atoms with van der Waals surface area (Å²) in [5.41, 5.74) is 2.22. The molecule has 0 spiro atoms. The Hall–Kier alpha value is -2.59. The standard InChI is InChI=1S/C24H22ClN3O3S3/c1-17-9-11-20(12-10-17)34(30,31)28(19-6-4-5-18(25)15-19)16-23(29)26-13-14-32-24-27-21-7-2-3-8-22(21)33-24/h2-12,15H,13-14,16H2,1H3,(H,26,29). The van der Waals surface area contributed by atoms with Crippen LogP contribution in [-0.2, 0) is 14.8 Å². The SMILES string of the molecule is Cc1ccc(S(=O)(=O)N(CC(=O)NCCSc2nc3ccccc3s2)c2cccc(Cl)c2)cc1. The monoisotopic (exact) mass is 531 g/mol. The normalized spacial score (nSPS) is 11.5. The summed E-state index contributed by atoms with van der Waals surface area (Å²) >= 11 is 9.26. The molecule has 0 atom stereocenters. The maximum absolute atomic E-state index is 13.4. The first-order valence-corrected chi connectivity index (χ1v) is 14.0. The molecule has 0 saturated carbocycles. The van der Waals surface area contributed by atoms with Crippen molar-refractivity contribution >= 4 is 66.5 Å². The lowest BCUT2D eigenvalue weighted by molar-refractivity contribution is -0.119. The minimum absolute atomic E-state index is 0.109. The van der Waals surface area contributed by atoms with Crippen molar-refractivity contribution in [1.29, 1.82) is 0 Å². The van der Waals surface area contributed by atoms with Gasteiger partial charge >= 0.3 is 0 Å². The van der Waals surface area contributed by atoms with Gasteiger partial charge in [-0.2, -0.15) is 0 Å². The molecule has 0 radical (unpaired) electrons. The number of benzene rings is 3. The number of nitrogens with one attached hydrogen (secondary N) is 1. The summed E-state index contributed by atoms with van der Waals surface area (Å²) in [7, 11) is -3.97. The summed E-state index contributed by atoms with van der Waals surface area (Å²) in [6, 6.07) is 20.9. The number of halogens is 1. The molecule has 1 amide bonds. The number of nitrogens with zero attached hydrogens (tertiary/aromatic N) is 2. The van der Waals surface area contributed by atoms with Gasteiger partial charge in [0.1, 0.15) is 6.54 Å². The van der Waals surface area contributed by atoms with E-state index in [9.17, 15) is 13.2 Å². The van der Waals surface area contributed by atoms with Crippen molar-refractivity contribution < 1.29 is 13.2 Å². The molecule has 0 fully saturated rings. The van der Waals surface area contributed by atoms with Gasteiger partial charge in [0.15, 0.2) is 4.34 Å². The third-order valence-corrected chi connectivity index (χ3v) is 9.12. The van der Waals surface area contributed by atoms with Gasteiger partial charge in [-0.1, -0.05) is 59.3 Å². The molecule has 0 aliphatic carbocycles. The van der Waals surface area contributed by atoms with Gasteiger partial charge in [-0.05, 0) is 49.4 Å². The van der Waals surface area contributed by atoms with E-state index in [2.05, 4.69) is 10.3 Å². The van der Waals surface area contributed by atoms with Gasteiger partial charge < -0.3 is 5.32 Å². The molecule has 4 rings (SSSR count). The highest BCUT2D eigenvalue weighted by molar-refractivity contribution is 8.01. The zero-order chi connectivity index (χ0) is 24.1. The van der Waals surface area contributed by atoms with Crippen molar-refractivity contribution in [3.8, 4) is 0 Å². The highest BCUT2D eigenvalue weighted by Crippen LogP contribution is 2.29. The van der Waals surface area contributed by atoms with Gasteiger partial charge in [-0.25, -0.2) is 13.4 Å². The van der Waals surface area contributed by atoms with E-state index in [-0.39, 0.29) is 11.4 Å². The van der Waals surface area contributed by atoms with E-state index in [1.54, 1.807) is 53.4 Å². The van der Waals surface area contributed by atoms with Crippen LogP contribution in [0.3, 0.4) is 0 Å². The lowest BCUT2D eigenvalue weighted by Gasteiger charge is -2.24. The maximum atomic E-state index is 13.4. The number of carbonyl (C=O) groups is 1. The first kappa shape index (κ1) is 24.5. The van der Waals surface area contributed by atoms with E-state index >= 15 is 0 Å². The molecule has 176 valence electrons. The number of aryl methyl sites for hydroxylation is 1. The summed E-state index contributed by atoms with van der Waals surface area (Å²) in [6.07, 6.45) is 0. The van der Waals surface area contributed by atoms with Crippen molar-refractivity contribution in [2.45, 2.75) is 16.2 Å². The molecule has 6 nitrogen and oxygen atoms in total. The van der Waals surface area contributed by atoms with Crippen molar-refractivity contribution in [3.63, 3.8) is 0 Å². The summed E-state index contributed by atoms with van der Waals surface area (Å²) in [6.45, 7) is 1.90. The van der Waals surface area contributed by atoms with E-state index < -0.39 is 15.9 Å². The molecule has 1 N–H and O–H groups in total. The second-order valence-electron chi connectivity index (χ2n) is 7.45. The average Bonchev–Trinajstić information content (AvgIpc) is 3.23. The van der Waals surface area contributed by atoms with Crippen LogP contribution in [0, 0.1) is 6.92 Å². The molecule has 0 aliphatic heterocycles. The van der Waals surface area contributed by atoms with Crippen LogP contribution >= 0.6 is 34.7 Å². The van der Waals surface area contributed by atoms with E-state index in [0.717, 1.165) is 24.4 Å². The number of sulfonamides is 1.